The Kier molecular flexibility index (Phi) is 7.68. The number of hydrogen-bond donors (Lipinski definition) is 1. The maximum Gasteiger partial charge on any atom is 0.155 e. The molecule has 0 aliphatic carbocycles. The number of aromatic nitrogens is 4. The van der Waals surface area contributed by atoms with Crippen molar-refractivity contribution in [1.29, 1.82) is 0 Å². The molecule has 1 N–H and O–H groups in total. The molecule has 0 spiro atoms. The van der Waals surface area contributed by atoms with Crippen LogP contribution in [0.2, 0.25) is 6.82 Å². The number of pyridine rings is 1. The second-order valence-corrected chi connectivity index (χ2v) is 10.4. The van der Waals surface area contributed by atoms with Gasteiger partial charge in [0.25, 0.3) is 0 Å². The van der Waals surface area contributed by atoms with E-state index in [1.54, 1.807) is 6.20 Å². The first kappa shape index (κ1) is 25.3. The Morgan fingerprint density at radius 3 is 2.28 bits per heavy atom. The van der Waals surface area contributed by atoms with E-state index in [1.165, 1.54) is 11.1 Å². The number of rotatable bonds is 9. The quantitative estimate of drug-likeness (QED) is 0.277. The molecule has 0 amide bonds. The lowest BCUT2D eigenvalue weighted by Gasteiger charge is -2.34. The monoisotopic (exact) mass is 513 g/mol. The van der Waals surface area contributed by atoms with Crippen LogP contribution in [0.3, 0.4) is 0 Å². The van der Waals surface area contributed by atoms with Gasteiger partial charge in [0, 0.05) is 55.3 Å². The van der Waals surface area contributed by atoms with Gasteiger partial charge in [-0.25, -0.2) is 4.98 Å². The molecule has 0 saturated carbocycles. The van der Waals surface area contributed by atoms with Gasteiger partial charge in [0.15, 0.2) is 12.9 Å². The molecule has 6 nitrogen and oxygen atoms in total. The minimum absolute atomic E-state index is 0.371. The molecule has 4 heterocycles. The highest BCUT2D eigenvalue weighted by atomic mass is 15.3. The van der Waals surface area contributed by atoms with E-state index < -0.39 is 0 Å². The Hall–Kier alpha value is -3.97. The number of nitrogens with zero attached hydrogens (tertiary/aromatic N) is 5. The first-order valence-electron chi connectivity index (χ1n) is 13.9. The van der Waals surface area contributed by atoms with Crippen LogP contribution in [0.25, 0.3) is 5.65 Å². The molecule has 1 fully saturated rings. The minimum atomic E-state index is 0.371. The molecule has 2 aromatic carbocycles. The Labute approximate surface area is 231 Å². The summed E-state index contributed by atoms with van der Waals surface area (Å²) in [6, 6.07) is 28.1. The molecule has 6 rings (SSSR count). The summed E-state index contributed by atoms with van der Waals surface area (Å²) in [6.07, 6.45) is 7.80. The van der Waals surface area contributed by atoms with E-state index in [2.05, 4.69) is 100 Å². The Balaban J connectivity index is 1.19. The van der Waals surface area contributed by atoms with Crippen molar-refractivity contribution < 1.29 is 0 Å². The molecule has 0 bridgehead atoms. The van der Waals surface area contributed by atoms with Crippen LogP contribution in [-0.4, -0.2) is 51.4 Å². The van der Waals surface area contributed by atoms with Crippen LogP contribution in [0.5, 0.6) is 0 Å². The van der Waals surface area contributed by atoms with Crippen molar-refractivity contribution in [2.45, 2.75) is 38.0 Å². The lowest BCUT2D eigenvalue weighted by atomic mass is 9.75. The lowest BCUT2D eigenvalue weighted by Crippen LogP contribution is -2.36. The third kappa shape index (κ3) is 5.74. The van der Waals surface area contributed by atoms with E-state index >= 15 is 0 Å². The third-order valence-corrected chi connectivity index (χ3v) is 7.88. The maximum absolute atomic E-state index is 5.12. The summed E-state index contributed by atoms with van der Waals surface area (Å²) in [5.41, 5.74) is 7.03. The van der Waals surface area contributed by atoms with Crippen molar-refractivity contribution in [3.63, 3.8) is 0 Å². The predicted octanol–water partition coefficient (Wildman–Crippen LogP) is 5.13. The highest BCUT2D eigenvalue weighted by Crippen LogP contribution is 2.32. The summed E-state index contributed by atoms with van der Waals surface area (Å²) < 4.78 is 1.93. The summed E-state index contributed by atoms with van der Waals surface area (Å²) in [7, 11) is 2.08. The van der Waals surface area contributed by atoms with Gasteiger partial charge < -0.3 is 10.2 Å². The zero-order chi connectivity index (χ0) is 26.4. The van der Waals surface area contributed by atoms with Crippen LogP contribution in [0, 0.1) is 0 Å². The van der Waals surface area contributed by atoms with E-state index in [0.29, 0.717) is 18.4 Å². The van der Waals surface area contributed by atoms with Gasteiger partial charge in [-0.3, -0.25) is 4.98 Å². The molecule has 0 unspecified atom stereocenters. The molecular weight excluding hydrogens is 479 g/mol. The second kappa shape index (κ2) is 11.8. The minimum Gasteiger partial charge on any atom is -0.366 e. The average molecular weight is 513 g/mol. The summed E-state index contributed by atoms with van der Waals surface area (Å²) in [6.45, 7) is 5.90. The number of likely N-dealkylation sites (tertiary alicyclic amines) is 1. The second-order valence-electron chi connectivity index (χ2n) is 10.4. The standard InChI is InChI=1S/C32H34BN6/c1-33-29-22-36-39-31(35-21-24-9-8-16-34-20-24)19-30(37-32(29)39)27-14-17-38(18-15-27)23-28(25-10-4-2-5-11-25)26-12-6-3-7-13-26/h2-13,16,19-20,22,27-28,35H,14-15,17-18,21,23H2,1H3. The SMILES string of the molecule is C[B]c1cnn2c(NCc3cccnc3)cc(C3CCN(CC(c4ccccc4)c4ccccc4)CC3)nc12. The average Bonchev–Trinajstić information content (AvgIpc) is 3.44. The van der Waals surface area contributed by atoms with E-state index in [0.717, 1.165) is 60.7 Å². The summed E-state index contributed by atoms with van der Waals surface area (Å²) in [4.78, 5) is 12.0. The van der Waals surface area contributed by atoms with E-state index in [4.69, 9.17) is 4.98 Å². The maximum atomic E-state index is 5.12. The van der Waals surface area contributed by atoms with Crippen LogP contribution >= 0.6 is 0 Å². The van der Waals surface area contributed by atoms with Crippen LogP contribution in [0.1, 0.15) is 47.1 Å². The Morgan fingerprint density at radius 2 is 1.64 bits per heavy atom. The van der Waals surface area contributed by atoms with Crippen LogP contribution in [-0.2, 0) is 6.54 Å². The van der Waals surface area contributed by atoms with Gasteiger partial charge in [-0.2, -0.15) is 9.61 Å². The molecule has 195 valence electrons. The molecule has 5 aromatic rings. The fraction of sp³-hybridized carbons (Fsp3) is 0.281. The molecular formula is C32H34BN6. The number of piperidine rings is 1. The fourth-order valence-corrected chi connectivity index (χ4v) is 5.68. The Morgan fingerprint density at radius 1 is 0.923 bits per heavy atom. The molecule has 1 saturated heterocycles. The Bertz CT molecular complexity index is 1440. The first-order valence-corrected chi connectivity index (χ1v) is 13.9. The van der Waals surface area contributed by atoms with Crippen LogP contribution in [0.4, 0.5) is 5.82 Å². The molecule has 3 aromatic heterocycles. The molecule has 39 heavy (non-hydrogen) atoms. The normalized spacial score (nSPS) is 14.6. The third-order valence-electron chi connectivity index (χ3n) is 7.88. The zero-order valence-electron chi connectivity index (χ0n) is 22.4. The van der Waals surface area contributed by atoms with E-state index in [9.17, 15) is 0 Å². The van der Waals surface area contributed by atoms with Crippen molar-refractivity contribution in [2.75, 3.05) is 25.0 Å². The number of benzene rings is 2. The van der Waals surface area contributed by atoms with Gasteiger partial charge in [-0.1, -0.05) is 73.6 Å². The lowest BCUT2D eigenvalue weighted by molar-refractivity contribution is 0.205. The van der Waals surface area contributed by atoms with Gasteiger partial charge in [-0.15, -0.1) is 0 Å². The zero-order valence-corrected chi connectivity index (χ0v) is 22.4. The van der Waals surface area contributed by atoms with Crippen molar-refractivity contribution in [3.05, 3.63) is 120 Å². The van der Waals surface area contributed by atoms with Crippen LogP contribution in [0.15, 0.2) is 97.5 Å². The highest BCUT2D eigenvalue weighted by Gasteiger charge is 2.26. The van der Waals surface area contributed by atoms with Gasteiger partial charge in [0.2, 0.25) is 0 Å². The topological polar surface area (TPSA) is 58.4 Å². The smallest absolute Gasteiger partial charge is 0.155 e. The fourth-order valence-electron chi connectivity index (χ4n) is 5.68. The number of hydrogen-bond acceptors (Lipinski definition) is 5. The van der Waals surface area contributed by atoms with E-state index in [-0.39, 0.29) is 0 Å². The number of anilines is 1. The molecule has 1 radical (unpaired) electrons. The van der Waals surface area contributed by atoms with Crippen molar-refractivity contribution in [2.24, 2.45) is 0 Å². The summed E-state index contributed by atoms with van der Waals surface area (Å²) >= 11 is 0. The summed E-state index contributed by atoms with van der Waals surface area (Å²) in [5, 5.41) is 8.22. The van der Waals surface area contributed by atoms with Crippen LogP contribution < -0.4 is 10.8 Å². The van der Waals surface area contributed by atoms with Crippen molar-refractivity contribution in [3.8, 4) is 0 Å². The molecule has 7 heteroatoms. The molecule has 1 aliphatic rings. The van der Waals surface area contributed by atoms with Crippen molar-refractivity contribution >= 4 is 24.2 Å². The highest BCUT2D eigenvalue weighted by molar-refractivity contribution is 6.54. The predicted molar refractivity (Wildman–Crippen MR) is 159 cm³/mol. The van der Waals surface area contributed by atoms with Gasteiger partial charge >= 0.3 is 0 Å². The largest absolute Gasteiger partial charge is 0.366 e. The number of nitrogens with one attached hydrogen (secondary N) is 1. The molecule has 0 atom stereocenters. The van der Waals surface area contributed by atoms with Gasteiger partial charge in [0.1, 0.15) is 5.82 Å². The van der Waals surface area contributed by atoms with Gasteiger partial charge in [-0.05, 0) is 54.2 Å². The van der Waals surface area contributed by atoms with Crippen molar-refractivity contribution in [1.82, 2.24) is 24.5 Å². The first-order chi connectivity index (χ1) is 19.3. The number of fused-ring (bicyclic) bond motifs is 1. The van der Waals surface area contributed by atoms with Gasteiger partial charge in [0.05, 0.1) is 0 Å². The summed E-state index contributed by atoms with van der Waals surface area (Å²) in [5.74, 6) is 1.77. The molecule has 1 aliphatic heterocycles. The van der Waals surface area contributed by atoms with E-state index in [1.807, 2.05) is 29.8 Å².